The summed E-state index contributed by atoms with van der Waals surface area (Å²) in [6.45, 7) is 4.41. The van der Waals surface area contributed by atoms with Crippen LogP contribution in [0.2, 0.25) is 0 Å². The van der Waals surface area contributed by atoms with Crippen LogP contribution in [0, 0.1) is 5.92 Å². The zero-order chi connectivity index (χ0) is 16.1. The molecule has 22 heavy (non-hydrogen) atoms. The fourth-order valence-corrected chi connectivity index (χ4v) is 5.79. The molecule has 6 heteroatoms. The third-order valence-electron chi connectivity index (χ3n) is 4.83. The molecular weight excluding hydrogens is 302 g/mol. The minimum absolute atomic E-state index is 0.0207. The van der Waals surface area contributed by atoms with E-state index in [1.165, 1.54) is 12.1 Å². The Kier molecular flexibility index (Phi) is 3.77. The van der Waals surface area contributed by atoms with E-state index >= 15 is 0 Å². The molecule has 1 heterocycles. The van der Waals surface area contributed by atoms with Crippen molar-refractivity contribution in [3.63, 3.8) is 0 Å². The van der Waals surface area contributed by atoms with Gasteiger partial charge in [0.1, 0.15) is 0 Å². The number of carbonyl (C=O) groups is 1. The molecule has 1 aliphatic heterocycles. The van der Waals surface area contributed by atoms with Crippen LogP contribution in [0.25, 0.3) is 0 Å². The summed E-state index contributed by atoms with van der Waals surface area (Å²) < 4.78 is 27.7. The van der Waals surface area contributed by atoms with Crippen molar-refractivity contribution in [2.45, 2.75) is 50.0 Å². The largest absolute Gasteiger partial charge is 0.478 e. The highest BCUT2D eigenvalue weighted by Crippen LogP contribution is 2.41. The van der Waals surface area contributed by atoms with Gasteiger partial charge in [-0.3, -0.25) is 0 Å². The van der Waals surface area contributed by atoms with Crippen LogP contribution in [-0.2, 0) is 10.0 Å². The number of carboxylic acids is 1. The molecule has 3 rings (SSSR count). The molecular formula is C16H21NO4S. The zero-order valence-electron chi connectivity index (χ0n) is 12.8. The number of piperidine rings is 1. The predicted octanol–water partition coefficient (Wildman–Crippen LogP) is 2.68. The van der Waals surface area contributed by atoms with E-state index in [4.69, 9.17) is 5.11 Å². The first-order chi connectivity index (χ1) is 10.3. The molecule has 2 fully saturated rings. The average Bonchev–Trinajstić information content (AvgIpc) is 3.09. The first-order valence-corrected chi connectivity index (χ1v) is 9.13. The van der Waals surface area contributed by atoms with Crippen LogP contribution in [0.5, 0.6) is 0 Å². The second-order valence-corrected chi connectivity index (χ2v) is 8.48. The Bertz CT molecular complexity index is 711. The topological polar surface area (TPSA) is 74.7 Å². The Balaban J connectivity index is 2.08. The van der Waals surface area contributed by atoms with Gasteiger partial charge in [-0.15, -0.1) is 0 Å². The van der Waals surface area contributed by atoms with Gasteiger partial charge in [0.2, 0.25) is 10.0 Å². The van der Waals surface area contributed by atoms with Crippen LogP contribution in [-0.4, -0.2) is 36.4 Å². The normalized spacial score (nSPS) is 25.0. The number of fused-ring (bicyclic) bond motifs is 2. The first kappa shape index (κ1) is 15.5. The lowest BCUT2D eigenvalue weighted by Gasteiger charge is -2.27. The lowest BCUT2D eigenvalue weighted by molar-refractivity contribution is 0.0696. The number of hydrogen-bond donors (Lipinski definition) is 1. The Hall–Kier alpha value is -1.40. The standard InChI is InChI=1S/C16H21NO4S/c1-10(2)14-6-4-12(16(18)19)8-15(14)22(20,21)17-9-11-3-5-13(17)7-11/h4,6,8,10-11,13H,3,5,7,9H2,1-2H3,(H,18,19). The van der Waals surface area contributed by atoms with Gasteiger partial charge in [-0.2, -0.15) is 4.31 Å². The fourth-order valence-electron chi connectivity index (χ4n) is 3.67. The van der Waals surface area contributed by atoms with E-state index in [0.29, 0.717) is 18.0 Å². The van der Waals surface area contributed by atoms with Crippen LogP contribution >= 0.6 is 0 Å². The molecule has 1 saturated heterocycles. The Morgan fingerprint density at radius 2 is 2.05 bits per heavy atom. The van der Waals surface area contributed by atoms with Crippen LogP contribution in [0.15, 0.2) is 23.1 Å². The monoisotopic (exact) mass is 323 g/mol. The number of rotatable bonds is 4. The van der Waals surface area contributed by atoms with Crippen molar-refractivity contribution in [2.24, 2.45) is 5.92 Å². The highest BCUT2D eigenvalue weighted by Gasteiger charge is 2.44. The van der Waals surface area contributed by atoms with E-state index in [9.17, 15) is 13.2 Å². The van der Waals surface area contributed by atoms with E-state index < -0.39 is 16.0 Å². The summed E-state index contributed by atoms with van der Waals surface area (Å²) in [5.74, 6) is -0.618. The van der Waals surface area contributed by atoms with E-state index in [0.717, 1.165) is 19.3 Å². The van der Waals surface area contributed by atoms with Gasteiger partial charge in [0.25, 0.3) is 0 Å². The van der Waals surface area contributed by atoms with Gasteiger partial charge in [0.15, 0.2) is 0 Å². The highest BCUT2D eigenvalue weighted by molar-refractivity contribution is 7.89. The number of benzene rings is 1. The van der Waals surface area contributed by atoms with Crippen LogP contribution in [0.1, 0.15) is 54.9 Å². The van der Waals surface area contributed by atoms with E-state index in [-0.39, 0.29) is 22.4 Å². The van der Waals surface area contributed by atoms with Crippen molar-refractivity contribution in [2.75, 3.05) is 6.54 Å². The Labute approximate surface area is 131 Å². The summed E-state index contributed by atoms with van der Waals surface area (Å²) in [6, 6.07) is 4.52. The maximum atomic E-state index is 13.1. The van der Waals surface area contributed by atoms with E-state index in [1.54, 1.807) is 10.4 Å². The molecule has 2 aliphatic rings. The van der Waals surface area contributed by atoms with E-state index in [1.807, 2.05) is 13.8 Å². The third-order valence-corrected chi connectivity index (χ3v) is 6.80. The quantitative estimate of drug-likeness (QED) is 0.924. The number of hydrogen-bond acceptors (Lipinski definition) is 3. The second-order valence-electron chi connectivity index (χ2n) is 6.62. The molecule has 0 amide bonds. The molecule has 0 aromatic heterocycles. The molecule has 2 atom stereocenters. The van der Waals surface area contributed by atoms with Gasteiger partial charge >= 0.3 is 5.97 Å². The Morgan fingerprint density at radius 1 is 1.32 bits per heavy atom. The van der Waals surface area contributed by atoms with Gasteiger partial charge in [-0.1, -0.05) is 19.9 Å². The van der Waals surface area contributed by atoms with Crippen molar-refractivity contribution in [3.8, 4) is 0 Å². The minimum Gasteiger partial charge on any atom is -0.478 e. The van der Waals surface area contributed by atoms with Crippen LogP contribution in [0.4, 0.5) is 0 Å². The summed E-state index contributed by atoms with van der Waals surface area (Å²) in [7, 11) is -3.63. The molecule has 1 N–H and O–H groups in total. The van der Waals surface area contributed by atoms with Gasteiger partial charge in [-0.05, 0) is 48.8 Å². The SMILES string of the molecule is CC(C)c1ccc(C(=O)O)cc1S(=O)(=O)N1CC2CCC1C2. The number of carboxylic acid groups (broad SMARTS) is 1. The van der Waals surface area contributed by atoms with Crippen molar-refractivity contribution < 1.29 is 18.3 Å². The first-order valence-electron chi connectivity index (χ1n) is 7.69. The number of sulfonamides is 1. The molecule has 0 radical (unpaired) electrons. The van der Waals surface area contributed by atoms with E-state index in [2.05, 4.69) is 0 Å². The molecule has 0 spiro atoms. The van der Waals surface area contributed by atoms with Gasteiger partial charge in [-0.25, -0.2) is 13.2 Å². The summed E-state index contributed by atoms with van der Waals surface area (Å²) in [6.07, 6.45) is 2.96. The average molecular weight is 323 g/mol. The van der Waals surface area contributed by atoms with Crippen molar-refractivity contribution in [1.29, 1.82) is 0 Å². The maximum Gasteiger partial charge on any atom is 0.335 e. The van der Waals surface area contributed by atoms with Crippen molar-refractivity contribution in [3.05, 3.63) is 29.3 Å². The Morgan fingerprint density at radius 3 is 2.55 bits per heavy atom. The summed E-state index contributed by atoms with van der Waals surface area (Å²) >= 11 is 0. The van der Waals surface area contributed by atoms with Gasteiger partial charge in [0, 0.05) is 12.6 Å². The van der Waals surface area contributed by atoms with Gasteiger partial charge < -0.3 is 5.11 Å². The molecule has 120 valence electrons. The zero-order valence-corrected chi connectivity index (χ0v) is 13.6. The van der Waals surface area contributed by atoms with Crippen LogP contribution < -0.4 is 0 Å². The lowest BCUT2D eigenvalue weighted by Crippen LogP contribution is -2.38. The third kappa shape index (κ3) is 2.44. The molecule has 2 bridgehead atoms. The summed E-state index contributed by atoms with van der Waals surface area (Å²) in [4.78, 5) is 11.4. The van der Waals surface area contributed by atoms with Crippen molar-refractivity contribution in [1.82, 2.24) is 4.31 Å². The highest BCUT2D eigenvalue weighted by atomic mass is 32.2. The maximum absolute atomic E-state index is 13.1. The minimum atomic E-state index is -3.63. The lowest BCUT2D eigenvalue weighted by atomic mass is 10.0. The van der Waals surface area contributed by atoms with Crippen LogP contribution in [0.3, 0.4) is 0 Å². The molecule has 5 nitrogen and oxygen atoms in total. The summed E-state index contributed by atoms with van der Waals surface area (Å²) in [5.41, 5.74) is 0.708. The molecule has 1 aromatic rings. The number of aromatic carboxylic acids is 1. The van der Waals surface area contributed by atoms with Crippen molar-refractivity contribution >= 4 is 16.0 Å². The predicted molar refractivity (Wildman–Crippen MR) is 82.5 cm³/mol. The molecule has 1 saturated carbocycles. The number of nitrogens with zero attached hydrogens (tertiary/aromatic N) is 1. The molecule has 1 aliphatic carbocycles. The fraction of sp³-hybridized carbons (Fsp3) is 0.562. The van der Waals surface area contributed by atoms with Gasteiger partial charge in [0.05, 0.1) is 10.5 Å². The second kappa shape index (κ2) is 5.35. The smallest absolute Gasteiger partial charge is 0.335 e. The molecule has 2 unspecified atom stereocenters. The summed E-state index contributed by atoms with van der Waals surface area (Å²) in [5, 5.41) is 9.17. The molecule has 1 aromatic carbocycles.